The van der Waals surface area contributed by atoms with Crippen molar-refractivity contribution >= 4 is 67.5 Å². The number of carboxylic acid groups (broad SMARTS) is 2. The minimum atomic E-state index is -1.48. The molecule has 1 amide bonds. The lowest BCUT2D eigenvalue weighted by molar-refractivity contribution is -0.132. The topological polar surface area (TPSA) is 172 Å². The Balaban J connectivity index is 1.78. The molecule has 13 nitrogen and oxygen atoms in total. The third kappa shape index (κ3) is 3.87. The largest absolute Gasteiger partial charge is 0.478 e. The Hall–Kier alpha value is -5.98. The first-order chi connectivity index (χ1) is 21.8. The summed E-state index contributed by atoms with van der Waals surface area (Å²) in [6.45, 7) is 3.40. The number of aliphatic carboxylic acids is 1. The van der Waals surface area contributed by atoms with Crippen molar-refractivity contribution in [1.29, 1.82) is 0 Å². The van der Waals surface area contributed by atoms with Crippen LogP contribution in [0.2, 0.25) is 0 Å². The summed E-state index contributed by atoms with van der Waals surface area (Å²) in [5, 5.41) is 24.2. The van der Waals surface area contributed by atoms with Crippen LogP contribution >= 0.6 is 0 Å². The van der Waals surface area contributed by atoms with Crippen molar-refractivity contribution in [3.8, 4) is 0 Å². The molecule has 0 spiro atoms. The van der Waals surface area contributed by atoms with E-state index in [2.05, 4.69) is 20.4 Å². The number of benzene rings is 2. The minimum absolute atomic E-state index is 0.111. The molecule has 4 N–H and O–H groups in total. The number of aryl methyl sites for hydroxylation is 2. The highest BCUT2D eigenvalue weighted by molar-refractivity contribution is 6.14. The average molecular weight is 620 g/mol. The highest BCUT2D eigenvalue weighted by Crippen LogP contribution is 2.40. The zero-order valence-corrected chi connectivity index (χ0v) is 25.8. The Morgan fingerprint density at radius 1 is 0.848 bits per heavy atom. The van der Waals surface area contributed by atoms with Crippen molar-refractivity contribution in [1.82, 2.24) is 25.4 Å². The van der Waals surface area contributed by atoms with Crippen LogP contribution in [-0.2, 0) is 4.79 Å². The van der Waals surface area contributed by atoms with Gasteiger partial charge >= 0.3 is 11.9 Å². The second-order valence-electron chi connectivity index (χ2n) is 11.9. The van der Waals surface area contributed by atoms with Gasteiger partial charge in [0.2, 0.25) is 0 Å². The first-order valence-electron chi connectivity index (χ1n) is 14.4. The smallest absolute Gasteiger partial charge is 0.354 e. The quantitative estimate of drug-likeness (QED) is 0.233. The number of hydrogen-bond acceptors (Lipinski definition) is 9. The van der Waals surface area contributed by atoms with Crippen LogP contribution in [0.1, 0.15) is 49.4 Å². The second kappa shape index (κ2) is 9.76. The second-order valence-corrected chi connectivity index (χ2v) is 11.9. The van der Waals surface area contributed by atoms with Crippen LogP contribution in [0.25, 0.3) is 38.3 Å². The van der Waals surface area contributed by atoms with E-state index in [1.54, 1.807) is 88.2 Å². The number of hydrazine groups is 1. The van der Waals surface area contributed by atoms with Crippen molar-refractivity contribution in [3.05, 3.63) is 85.7 Å². The van der Waals surface area contributed by atoms with Gasteiger partial charge in [-0.05, 0) is 49.1 Å². The number of aromatic amines is 1. The van der Waals surface area contributed by atoms with Crippen molar-refractivity contribution in [3.63, 3.8) is 0 Å². The van der Waals surface area contributed by atoms with Gasteiger partial charge in [0.25, 0.3) is 11.5 Å². The molecular formula is C33H29N7O6. The van der Waals surface area contributed by atoms with Crippen LogP contribution < -0.4 is 26.0 Å². The fourth-order valence-electron chi connectivity index (χ4n) is 6.95. The van der Waals surface area contributed by atoms with Crippen molar-refractivity contribution < 1.29 is 24.6 Å². The van der Waals surface area contributed by atoms with Gasteiger partial charge in [-0.15, -0.1) is 0 Å². The van der Waals surface area contributed by atoms with Crippen LogP contribution in [0.15, 0.2) is 41.2 Å². The van der Waals surface area contributed by atoms with E-state index >= 15 is 0 Å². The number of rotatable bonds is 4. The fraction of sp³-hybridized carbons (Fsp3) is 0.212. The molecule has 2 aliphatic rings. The number of nitrogens with zero attached hydrogens (tertiary/aromatic N) is 5. The van der Waals surface area contributed by atoms with Crippen LogP contribution in [0.5, 0.6) is 0 Å². The fourth-order valence-corrected chi connectivity index (χ4v) is 6.95. The molecule has 2 aliphatic heterocycles. The number of amides is 1. The Morgan fingerprint density at radius 3 is 2.11 bits per heavy atom. The van der Waals surface area contributed by atoms with Crippen LogP contribution in [0.3, 0.4) is 0 Å². The van der Waals surface area contributed by atoms with Crippen molar-refractivity contribution in [2.75, 3.05) is 38.0 Å². The lowest BCUT2D eigenvalue weighted by atomic mass is 9.91. The molecule has 0 fully saturated rings. The van der Waals surface area contributed by atoms with Gasteiger partial charge < -0.3 is 25.0 Å². The molecule has 0 saturated carbocycles. The highest BCUT2D eigenvalue weighted by atomic mass is 16.4. The molecule has 13 heteroatoms. The molecule has 0 radical (unpaired) electrons. The third-order valence-corrected chi connectivity index (χ3v) is 8.67. The molecule has 1 unspecified atom stereocenters. The molecule has 0 aliphatic carbocycles. The molecule has 232 valence electrons. The molecule has 5 aromatic rings. The maximum Gasteiger partial charge on any atom is 0.354 e. The van der Waals surface area contributed by atoms with E-state index in [1.165, 1.54) is 0 Å². The first-order valence-corrected chi connectivity index (χ1v) is 14.4. The van der Waals surface area contributed by atoms with Gasteiger partial charge in [-0.2, -0.15) is 0 Å². The van der Waals surface area contributed by atoms with E-state index in [0.29, 0.717) is 50.1 Å². The highest BCUT2D eigenvalue weighted by Gasteiger charge is 2.40. The van der Waals surface area contributed by atoms with Crippen LogP contribution in [0.4, 0.5) is 11.4 Å². The summed E-state index contributed by atoms with van der Waals surface area (Å²) < 4.78 is 0. The maximum absolute atomic E-state index is 14.3. The van der Waals surface area contributed by atoms with E-state index < -0.39 is 40.7 Å². The number of carbonyl (C=O) groups excluding carboxylic acids is 1. The number of anilines is 2. The Bertz CT molecular complexity index is 2400. The minimum Gasteiger partial charge on any atom is -0.478 e. The van der Waals surface area contributed by atoms with Gasteiger partial charge in [-0.1, -0.05) is 12.1 Å². The van der Waals surface area contributed by atoms with Crippen molar-refractivity contribution in [2.24, 2.45) is 0 Å². The summed E-state index contributed by atoms with van der Waals surface area (Å²) in [6, 6.07) is 8.82. The van der Waals surface area contributed by atoms with Gasteiger partial charge in [-0.25, -0.2) is 9.59 Å². The standard InChI is InChI=1S/C33H29N7O6/c1-13-21-27(38(3)4)17-11-15(7-9-19(17)34-13)23-24(32(43)44)25(36-30(21)41)26-16-8-10-20-18(12-16)28(39(5)6)22(14(2)35-20)31(42)37-40(26)29(23)33(45)46/h7-12,26H,1-6H3,(H,36,41)(H,37,42)(H,43,44)(H,45,46). The molecule has 5 heterocycles. The van der Waals surface area contributed by atoms with Crippen molar-refractivity contribution in [2.45, 2.75) is 19.9 Å². The first kappa shape index (κ1) is 28.8. The molecular weight excluding hydrogens is 590 g/mol. The number of pyridine rings is 2. The maximum atomic E-state index is 14.3. The molecule has 46 heavy (non-hydrogen) atoms. The van der Waals surface area contributed by atoms with Gasteiger partial charge in [-0.3, -0.25) is 30.0 Å². The number of carboxylic acids is 2. The molecule has 2 aromatic carbocycles. The molecule has 3 aromatic heterocycles. The summed E-state index contributed by atoms with van der Waals surface area (Å²) in [5.41, 5.74) is 4.89. The zero-order chi connectivity index (χ0) is 32.9. The monoisotopic (exact) mass is 619 g/mol. The SMILES string of the molecule is Cc1nc2ccc3cc2c(N(C)C)c1C(=O)NN1C(C(=O)O)=c2c(C(=O)O)c([nH]c(=O)c4c(C)nc5ccc2cc5c4N(C)C)C31. The number of carbonyl (C=O) groups is 3. The summed E-state index contributed by atoms with van der Waals surface area (Å²) in [4.78, 5) is 70.8. The van der Waals surface area contributed by atoms with Crippen LogP contribution in [-0.4, -0.2) is 76.2 Å². The summed E-state index contributed by atoms with van der Waals surface area (Å²) in [5.74, 6) is -3.57. The number of hydrogen-bond donors (Lipinski definition) is 4. The zero-order valence-electron chi connectivity index (χ0n) is 25.8. The summed E-state index contributed by atoms with van der Waals surface area (Å²) >= 11 is 0. The Labute approximate surface area is 261 Å². The number of nitrogens with one attached hydrogen (secondary N) is 2. The van der Waals surface area contributed by atoms with E-state index in [9.17, 15) is 29.4 Å². The summed E-state index contributed by atoms with van der Waals surface area (Å²) in [6.07, 6.45) is 0. The number of aromatic carboxylic acids is 1. The van der Waals surface area contributed by atoms with E-state index in [4.69, 9.17) is 0 Å². The van der Waals surface area contributed by atoms with Gasteiger partial charge in [0.15, 0.2) is 5.70 Å². The van der Waals surface area contributed by atoms with Crippen LogP contribution in [0, 0.1) is 13.8 Å². The van der Waals surface area contributed by atoms with E-state index in [1.807, 2.05) is 0 Å². The summed E-state index contributed by atoms with van der Waals surface area (Å²) in [7, 11) is 7.14. The van der Waals surface area contributed by atoms with E-state index in [-0.39, 0.29) is 27.2 Å². The number of H-pyrrole nitrogens is 1. The van der Waals surface area contributed by atoms with Gasteiger partial charge in [0.1, 0.15) is 6.04 Å². The molecule has 7 rings (SSSR count). The lowest BCUT2D eigenvalue weighted by Crippen LogP contribution is -2.51. The predicted molar refractivity (Wildman–Crippen MR) is 173 cm³/mol. The van der Waals surface area contributed by atoms with Gasteiger partial charge in [0.05, 0.1) is 56.0 Å². The van der Waals surface area contributed by atoms with Gasteiger partial charge in [0, 0.05) is 44.2 Å². The average Bonchev–Trinajstić information content (AvgIpc) is 2.99. The molecule has 8 bridgehead atoms. The lowest BCUT2D eigenvalue weighted by Gasteiger charge is -2.37. The normalized spacial score (nSPS) is 15.1. The number of aromatic nitrogens is 3. The van der Waals surface area contributed by atoms with E-state index in [0.717, 1.165) is 5.01 Å². The Morgan fingerprint density at radius 2 is 1.48 bits per heavy atom. The molecule has 0 saturated heterocycles. The molecule has 1 atom stereocenters. The Kier molecular flexibility index (Phi) is 6.10. The predicted octanol–water partition coefficient (Wildman–Crippen LogP) is 2.61. The number of fused-ring (bicyclic) bond motifs is 10. The third-order valence-electron chi connectivity index (χ3n) is 8.67.